The number of hydrogen-bond donors (Lipinski definition) is 1. The van der Waals surface area contributed by atoms with Crippen molar-refractivity contribution in [2.75, 3.05) is 5.75 Å². The lowest BCUT2D eigenvalue weighted by Crippen LogP contribution is -2.17. The number of aliphatic carboxylic acids is 1. The predicted octanol–water partition coefficient (Wildman–Crippen LogP) is 2.85. The van der Waals surface area contributed by atoms with Crippen LogP contribution >= 0.6 is 45.7 Å². The van der Waals surface area contributed by atoms with Gasteiger partial charge in [-0.05, 0) is 40.8 Å². The van der Waals surface area contributed by atoms with Crippen LogP contribution in [0.15, 0.2) is 23.2 Å². The molecule has 1 unspecified atom stereocenters. The van der Waals surface area contributed by atoms with Crippen LogP contribution in [0.1, 0.15) is 5.01 Å². The maximum absolute atomic E-state index is 10.9. The van der Waals surface area contributed by atoms with Gasteiger partial charge in [-0.2, -0.15) is 0 Å². The zero-order valence-electron chi connectivity index (χ0n) is 8.96. The maximum atomic E-state index is 10.9. The summed E-state index contributed by atoms with van der Waals surface area (Å²) in [6, 6.07) is 5.44. The van der Waals surface area contributed by atoms with E-state index in [4.69, 9.17) is 5.11 Å². The van der Waals surface area contributed by atoms with Crippen LogP contribution in [-0.2, 0) is 4.79 Å². The van der Waals surface area contributed by atoms with Gasteiger partial charge in [-0.1, -0.05) is 0 Å². The molecule has 3 rings (SSSR count). The lowest BCUT2D eigenvalue weighted by molar-refractivity contribution is -0.137. The normalized spacial score (nSPS) is 19.2. The van der Waals surface area contributed by atoms with Gasteiger partial charge in [0.05, 0.1) is 10.2 Å². The van der Waals surface area contributed by atoms with Crippen LogP contribution in [0.3, 0.4) is 0 Å². The van der Waals surface area contributed by atoms with Crippen LogP contribution in [0.5, 0.6) is 0 Å². The second-order valence-electron chi connectivity index (χ2n) is 3.73. The average Bonchev–Trinajstić information content (AvgIpc) is 2.93. The number of carboxylic acids is 1. The van der Waals surface area contributed by atoms with Crippen molar-refractivity contribution in [3.05, 3.63) is 26.8 Å². The number of thiazole rings is 1. The lowest BCUT2D eigenvalue weighted by atomic mass is 10.3. The Morgan fingerprint density at radius 1 is 1.50 bits per heavy atom. The molecule has 92 valence electrons. The fraction of sp³-hybridized carbons (Fsp3) is 0.182. The molecule has 0 radical (unpaired) electrons. The van der Waals surface area contributed by atoms with Crippen molar-refractivity contribution in [3.8, 4) is 0 Å². The highest BCUT2D eigenvalue weighted by molar-refractivity contribution is 14.1. The number of aromatic nitrogens is 1. The summed E-state index contributed by atoms with van der Waals surface area (Å²) in [4.78, 5) is 19.6. The third kappa shape index (κ3) is 2.26. The molecule has 0 saturated carbocycles. The van der Waals surface area contributed by atoms with Gasteiger partial charge in [0.1, 0.15) is 10.1 Å². The molecule has 2 aromatic rings. The first-order chi connectivity index (χ1) is 8.63. The Morgan fingerprint density at radius 2 is 2.33 bits per heavy atom. The fourth-order valence-corrected chi connectivity index (χ4v) is 4.41. The van der Waals surface area contributed by atoms with E-state index < -0.39 is 12.0 Å². The standard InChI is InChI=1S/C11H7IN2O2S2/c12-5-1-2-6-8(3-5)18-10(13-6)9-14-7(4-17-9)11(15)16/h1-3,7H,4H2,(H,15,16). The number of carbonyl (C=O) groups is 1. The van der Waals surface area contributed by atoms with E-state index in [2.05, 4.69) is 38.6 Å². The molecule has 1 atom stereocenters. The highest BCUT2D eigenvalue weighted by Gasteiger charge is 2.26. The van der Waals surface area contributed by atoms with E-state index in [1.807, 2.05) is 12.1 Å². The van der Waals surface area contributed by atoms with Gasteiger partial charge in [0, 0.05) is 9.32 Å². The minimum atomic E-state index is -0.867. The highest BCUT2D eigenvalue weighted by atomic mass is 127. The van der Waals surface area contributed by atoms with Crippen LogP contribution in [0.2, 0.25) is 0 Å². The lowest BCUT2D eigenvalue weighted by Gasteiger charge is -1.93. The molecular weight excluding hydrogens is 383 g/mol. The van der Waals surface area contributed by atoms with Crippen LogP contribution in [0.25, 0.3) is 10.2 Å². The van der Waals surface area contributed by atoms with Crippen molar-refractivity contribution in [1.82, 2.24) is 4.98 Å². The molecule has 1 aliphatic rings. The van der Waals surface area contributed by atoms with Crippen LogP contribution in [0, 0.1) is 3.57 Å². The van der Waals surface area contributed by atoms with E-state index in [1.54, 1.807) is 11.3 Å². The molecule has 18 heavy (non-hydrogen) atoms. The van der Waals surface area contributed by atoms with E-state index >= 15 is 0 Å². The van der Waals surface area contributed by atoms with Crippen LogP contribution < -0.4 is 0 Å². The van der Waals surface area contributed by atoms with E-state index in [1.165, 1.54) is 15.3 Å². The summed E-state index contributed by atoms with van der Waals surface area (Å²) in [6.45, 7) is 0. The number of fused-ring (bicyclic) bond motifs is 1. The monoisotopic (exact) mass is 390 g/mol. The van der Waals surface area contributed by atoms with Crippen LogP contribution in [0.4, 0.5) is 0 Å². The molecule has 0 fully saturated rings. The van der Waals surface area contributed by atoms with E-state index in [0.717, 1.165) is 20.3 Å². The quantitative estimate of drug-likeness (QED) is 0.802. The minimum Gasteiger partial charge on any atom is -0.480 e. The van der Waals surface area contributed by atoms with Gasteiger partial charge in [-0.15, -0.1) is 23.1 Å². The van der Waals surface area contributed by atoms with Crippen molar-refractivity contribution in [1.29, 1.82) is 0 Å². The number of benzene rings is 1. The molecule has 4 nitrogen and oxygen atoms in total. The maximum Gasteiger partial charge on any atom is 0.329 e. The summed E-state index contributed by atoms with van der Waals surface area (Å²) in [7, 11) is 0. The van der Waals surface area contributed by atoms with Crippen LogP contribution in [-0.4, -0.2) is 32.9 Å². The summed E-state index contributed by atoms with van der Waals surface area (Å²) in [5, 5.41) is 10.5. The summed E-state index contributed by atoms with van der Waals surface area (Å²) < 4.78 is 2.28. The second-order valence-corrected chi connectivity index (χ2v) is 7.02. The third-order valence-electron chi connectivity index (χ3n) is 2.47. The Labute approximate surface area is 125 Å². The Bertz CT molecular complexity index is 668. The fourth-order valence-electron chi connectivity index (χ4n) is 1.61. The number of halogens is 1. The van der Waals surface area contributed by atoms with Gasteiger partial charge >= 0.3 is 5.97 Å². The first-order valence-corrected chi connectivity index (χ1v) is 8.01. The molecule has 0 saturated heterocycles. The minimum absolute atomic E-state index is 0.498. The molecular formula is C11H7IN2O2S2. The predicted molar refractivity (Wildman–Crippen MR) is 82.8 cm³/mol. The van der Waals surface area contributed by atoms with E-state index in [0.29, 0.717) is 5.75 Å². The largest absolute Gasteiger partial charge is 0.480 e. The Hall–Kier alpha value is -0.670. The van der Waals surface area contributed by atoms with Gasteiger partial charge in [0.25, 0.3) is 0 Å². The summed E-state index contributed by atoms with van der Waals surface area (Å²) in [5.74, 6) is -0.369. The molecule has 0 spiro atoms. The summed E-state index contributed by atoms with van der Waals surface area (Å²) >= 11 is 5.29. The van der Waals surface area contributed by atoms with E-state index in [-0.39, 0.29) is 0 Å². The number of thioether (sulfide) groups is 1. The molecule has 7 heteroatoms. The third-order valence-corrected chi connectivity index (χ3v) is 5.35. The smallest absolute Gasteiger partial charge is 0.329 e. The highest BCUT2D eigenvalue weighted by Crippen LogP contribution is 2.30. The molecule has 2 heterocycles. The molecule has 1 aromatic heterocycles. The zero-order valence-corrected chi connectivity index (χ0v) is 12.8. The van der Waals surface area contributed by atoms with Crippen molar-refractivity contribution >= 4 is 66.9 Å². The zero-order chi connectivity index (χ0) is 12.7. The molecule has 0 bridgehead atoms. The Balaban J connectivity index is 2.00. The van der Waals surface area contributed by atoms with Crippen molar-refractivity contribution in [2.24, 2.45) is 4.99 Å². The Morgan fingerprint density at radius 3 is 3.06 bits per heavy atom. The van der Waals surface area contributed by atoms with Crippen molar-refractivity contribution < 1.29 is 9.90 Å². The molecule has 1 aliphatic heterocycles. The van der Waals surface area contributed by atoms with Crippen molar-refractivity contribution in [2.45, 2.75) is 6.04 Å². The van der Waals surface area contributed by atoms with Gasteiger partial charge in [-0.25, -0.2) is 9.78 Å². The molecule has 0 aliphatic carbocycles. The van der Waals surface area contributed by atoms with Gasteiger partial charge < -0.3 is 5.11 Å². The van der Waals surface area contributed by atoms with Crippen molar-refractivity contribution in [3.63, 3.8) is 0 Å². The van der Waals surface area contributed by atoms with Gasteiger partial charge in [0.15, 0.2) is 6.04 Å². The molecule has 1 aromatic carbocycles. The number of nitrogens with zero attached hydrogens (tertiary/aromatic N) is 2. The van der Waals surface area contributed by atoms with Gasteiger partial charge in [0.2, 0.25) is 0 Å². The number of hydrogen-bond acceptors (Lipinski definition) is 5. The first-order valence-electron chi connectivity index (χ1n) is 5.13. The topological polar surface area (TPSA) is 62.5 Å². The SMILES string of the molecule is O=C(O)C1CSC(c2nc3ccc(I)cc3s2)=N1. The Kier molecular flexibility index (Phi) is 3.29. The van der Waals surface area contributed by atoms with Gasteiger partial charge in [-0.3, -0.25) is 4.99 Å². The number of carboxylic acid groups (broad SMARTS) is 1. The molecule has 0 amide bonds. The second kappa shape index (κ2) is 4.78. The first kappa shape index (κ1) is 12.4. The number of aliphatic imine (C=N–C) groups is 1. The van der Waals surface area contributed by atoms with E-state index in [9.17, 15) is 4.79 Å². The summed E-state index contributed by atoms with van der Waals surface area (Å²) in [5.41, 5.74) is 0.942. The molecule has 1 N–H and O–H groups in total. The number of rotatable bonds is 2. The average molecular weight is 390 g/mol. The summed E-state index contributed by atoms with van der Waals surface area (Å²) in [6.07, 6.45) is 0.